The lowest BCUT2D eigenvalue weighted by Crippen LogP contribution is -2.42. The predicted molar refractivity (Wildman–Crippen MR) is 88.4 cm³/mol. The fourth-order valence-corrected chi connectivity index (χ4v) is 3.98. The van der Waals surface area contributed by atoms with Crippen LogP contribution in [0.5, 0.6) is 0 Å². The molecule has 2 unspecified atom stereocenters. The van der Waals surface area contributed by atoms with Crippen molar-refractivity contribution in [3.63, 3.8) is 0 Å². The van der Waals surface area contributed by atoms with Gasteiger partial charge < -0.3 is 0 Å². The van der Waals surface area contributed by atoms with E-state index in [4.69, 9.17) is 11.6 Å². The molecule has 0 amide bonds. The van der Waals surface area contributed by atoms with E-state index in [0.717, 1.165) is 11.3 Å². The predicted octanol–water partition coefficient (Wildman–Crippen LogP) is 4.60. The Morgan fingerprint density at radius 3 is 2.65 bits per heavy atom. The van der Waals surface area contributed by atoms with E-state index in [1.807, 2.05) is 20.0 Å². The third kappa shape index (κ3) is 3.70. The molecular weight excluding hydrogens is 310 g/mol. The second-order valence-corrected chi connectivity index (χ2v) is 7.69. The van der Waals surface area contributed by atoms with E-state index < -0.39 is 0 Å². The number of nitrogens with zero attached hydrogens (tertiary/aromatic N) is 1. The van der Waals surface area contributed by atoms with Crippen LogP contribution < -0.4 is 0 Å². The summed E-state index contributed by atoms with van der Waals surface area (Å²) in [5.41, 5.74) is 0. The molecule has 2 rings (SSSR count). The van der Waals surface area contributed by atoms with E-state index in [2.05, 4.69) is 29.3 Å². The summed E-state index contributed by atoms with van der Waals surface area (Å²) in [5, 5.41) is 2.09. The van der Waals surface area contributed by atoms with Crippen LogP contribution in [0.15, 0.2) is 29.6 Å². The van der Waals surface area contributed by atoms with Crippen LogP contribution in [0.2, 0.25) is 4.34 Å². The van der Waals surface area contributed by atoms with Gasteiger partial charge in [0.1, 0.15) is 0 Å². The first-order chi connectivity index (χ1) is 9.49. The van der Waals surface area contributed by atoms with E-state index in [1.54, 1.807) is 17.4 Å². The number of ketones is 1. The zero-order chi connectivity index (χ0) is 14.7. The molecule has 0 bridgehead atoms. The number of carbonyl (C=O) groups is 1. The van der Waals surface area contributed by atoms with E-state index in [-0.39, 0.29) is 11.8 Å². The third-order valence-electron chi connectivity index (χ3n) is 3.58. The average Bonchev–Trinajstić information content (AvgIpc) is 3.07. The van der Waals surface area contributed by atoms with E-state index in [0.29, 0.717) is 10.4 Å². The number of hydrogen-bond acceptors (Lipinski definition) is 4. The topological polar surface area (TPSA) is 20.3 Å². The van der Waals surface area contributed by atoms with Crippen LogP contribution in [-0.4, -0.2) is 29.8 Å². The normalized spacial score (nSPS) is 14.4. The van der Waals surface area contributed by atoms with Crippen LogP contribution in [0, 0.1) is 0 Å². The fourth-order valence-electron chi connectivity index (χ4n) is 2.08. The average molecular weight is 328 g/mol. The van der Waals surface area contributed by atoms with Crippen LogP contribution in [-0.2, 0) is 6.42 Å². The molecule has 0 saturated carbocycles. The second-order valence-electron chi connectivity index (χ2n) is 4.94. The molecule has 2 heterocycles. The van der Waals surface area contributed by atoms with E-state index in [9.17, 15) is 4.79 Å². The molecule has 0 aliphatic rings. The summed E-state index contributed by atoms with van der Waals surface area (Å²) in [6.07, 6.45) is 0.969. The molecule has 2 aromatic rings. The standard InChI is InChI=1S/C15H18ClNOS2/c1-10(9-12-5-4-8-19-12)17(3)11(2)15(18)13-6-7-14(16)20-13/h4-8,10-11H,9H2,1-3H3. The molecule has 0 aromatic carbocycles. The van der Waals surface area contributed by atoms with Gasteiger partial charge in [-0.1, -0.05) is 17.7 Å². The lowest BCUT2D eigenvalue weighted by atomic mass is 10.1. The number of carbonyl (C=O) groups excluding carboxylic acids is 1. The Morgan fingerprint density at radius 2 is 2.10 bits per heavy atom. The summed E-state index contributed by atoms with van der Waals surface area (Å²) in [6, 6.07) is 7.98. The third-order valence-corrected chi connectivity index (χ3v) is 5.72. The molecule has 0 aliphatic heterocycles. The smallest absolute Gasteiger partial charge is 0.189 e. The Bertz CT molecular complexity index is 564. The van der Waals surface area contributed by atoms with Gasteiger partial charge in [-0.15, -0.1) is 22.7 Å². The highest BCUT2D eigenvalue weighted by molar-refractivity contribution is 7.18. The van der Waals surface area contributed by atoms with Gasteiger partial charge in [0.15, 0.2) is 5.78 Å². The molecule has 5 heteroatoms. The largest absolute Gasteiger partial charge is 0.293 e. The van der Waals surface area contributed by atoms with Crippen molar-refractivity contribution in [3.05, 3.63) is 43.7 Å². The second kappa shape index (κ2) is 6.85. The maximum atomic E-state index is 12.4. The zero-order valence-electron chi connectivity index (χ0n) is 11.8. The molecule has 0 radical (unpaired) electrons. The summed E-state index contributed by atoms with van der Waals surface area (Å²) in [5.74, 6) is 0.141. The van der Waals surface area contributed by atoms with Crippen LogP contribution in [0.25, 0.3) is 0 Å². The highest BCUT2D eigenvalue weighted by Gasteiger charge is 2.24. The van der Waals surface area contributed by atoms with Gasteiger partial charge in [0, 0.05) is 10.9 Å². The Kier molecular flexibility index (Phi) is 5.38. The summed E-state index contributed by atoms with van der Waals surface area (Å²) < 4.78 is 0.662. The zero-order valence-corrected chi connectivity index (χ0v) is 14.2. The van der Waals surface area contributed by atoms with Gasteiger partial charge in [-0.3, -0.25) is 9.69 Å². The van der Waals surface area contributed by atoms with Crippen molar-refractivity contribution >= 4 is 40.1 Å². The molecular formula is C15H18ClNOS2. The Hall–Kier alpha value is -0.680. The number of rotatable bonds is 6. The van der Waals surface area contributed by atoms with Crippen molar-refractivity contribution in [1.29, 1.82) is 0 Å². The number of halogens is 1. The van der Waals surface area contributed by atoms with Crippen molar-refractivity contribution in [2.24, 2.45) is 0 Å². The molecule has 20 heavy (non-hydrogen) atoms. The van der Waals surface area contributed by atoms with Crippen LogP contribution in [0.4, 0.5) is 0 Å². The lowest BCUT2D eigenvalue weighted by molar-refractivity contribution is 0.0831. The quantitative estimate of drug-likeness (QED) is 0.723. The van der Waals surface area contributed by atoms with Gasteiger partial charge in [-0.2, -0.15) is 0 Å². The summed E-state index contributed by atoms with van der Waals surface area (Å²) in [7, 11) is 2.01. The van der Waals surface area contributed by atoms with Crippen molar-refractivity contribution in [2.45, 2.75) is 32.4 Å². The van der Waals surface area contributed by atoms with Crippen LogP contribution in [0.3, 0.4) is 0 Å². The SMILES string of the molecule is CC(Cc1cccs1)N(C)C(C)C(=O)c1ccc(Cl)s1. The Balaban J connectivity index is 2.00. The highest BCUT2D eigenvalue weighted by atomic mass is 35.5. The highest BCUT2D eigenvalue weighted by Crippen LogP contribution is 2.24. The van der Waals surface area contributed by atoms with Crippen molar-refractivity contribution in [2.75, 3.05) is 7.05 Å². The Labute approximate surface area is 133 Å². The van der Waals surface area contributed by atoms with Gasteiger partial charge in [0.25, 0.3) is 0 Å². The first-order valence-electron chi connectivity index (χ1n) is 6.53. The molecule has 108 valence electrons. The van der Waals surface area contributed by atoms with E-state index >= 15 is 0 Å². The van der Waals surface area contributed by atoms with Crippen LogP contribution in [0.1, 0.15) is 28.4 Å². The molecule has 2 aromatic heterocycles. The molecule has 0 fully saturated rings. The number of Topliss-reactive ketones (excluding diaryl/α,β-unsaturated/α-hetero) is 1. The summed E-state index contributed by atoms with van der Waals surface area (Å²) in [4.78, 5) is 16.6. The molecule has 0 saturated heterocycles. The van der Waals surface area contributed by atoms with Crippen LogP contribution >= 0.6 is 34.3 Å². The minimum absolute atomic E-state index is 0.139. The fraction of sp³-hybridized carbons (Fsp3) is 0.400. The van der Waals surface area contributed by atoms with Gasteiger partial charge in [-0.25, -0.2) is 0 Å². The Morgan fingerprint density at radius 1 is 1.35 bits per heavy atom. The maximum Gasteiger partial charge on any atom is 0.189 e. The number of likely N-dealkylation sites (N-methyl/N-ethyl adjacent to an activating group) is 1. The molecule has 0 aliphatic carbocycles. The van der Waals surface area contributed by atoms with Gasteiger partial charge in [0.05, 0.1) is 15.3 Å². The molecule has 0 spiro atoms. The lowest BCUT2D eigenvalue weighted by Gasteiger charge is -2.29. The van der Waals surface area contributed by atoms with Gasteiger partial charge >= 0.3 is 0 Å². The monoisotopic (exact) mass is 327 g/mol. The maximum absolute atomic E-state index is 12.4. The molecule has 2 atom stereocenters. The van der Waals surface area contributed by atoms with E-state index in [1.165, 1.54) is 16.2 Å². The first-order valence-corrected chi connectivity index (χ1v) is 8.60. The van der Waals surface area contributed by atoms with Crippen molar-refractivity contribution < 1.29 is 4.79 Å². The van der Waals surface area contributed by atoms with Gasteiger partial charge in [0.2, 0.25) is 0 Å². The van der Waals surface area contributed by atoms with Crippen molar-refractivity contribution in [1.82, 2.24) is 4.90 Å². The van der Waals surface area contributed by atoms with Crippen molar-refractivity contribution in [3.8, 4) is 0 Å². The minimum Gasteiger partial charge on any atom is -0.293 e. The number of hydrogen-bond donors (Lipinski definition) is 0. The summed E-state index contributed by atoms with van der Waals surface area (Å²) in [6.45, 7) is 4.12. The summed E-state index contributed by atoms with van der Waals surface area (Å²) >= 11 is 9.01. The number of thiophene rings is 2. The minimum atomic E-state index is -0.139. The first kappa shape index (κ1) is 15.7. The van der Waals surface area contributed by atoms with Gasteiger partial charge in [-0.05, 0) is 50.9 Å². The molecule has 0 N–H and O–H groups in total. The molecule has 2 nitrogen and oxygen atoms in total.